The van der Waals surface area contributed by atoms with Crippen molar-refractivity contribution in [3.8, 4) is 6.07 Å². The zero-order valence-corrected chi connectivity index (χ0v) is 11.0. The molecule has 86 valence electrons. The maximum atomic E-state index is 9.26. The van der Waals surface area contributed by atoms with E-state index in [9.17, 15) is 5.11 Å². The molecule has 0 heterocycles. The Morgan fingerprint density at radius 2 is 2.25 bits per heavy atom. The van der Waals surface area contributed by atoms with Crippen LogP contribution in [-0.2, 0) is 6.61 Å². The molecule has 1 N–H and O–H groups in total. The van der Waals surface area contributed by atoms with Gasteiger partial charge >= 0.3 is 0 Å². The van der Waals surface area contributed by atoms with Gasteiger partial charge in [-0.05, 0) is 19.1 Å². The van der Waals surface area contributed by atoms with Gasteiger partial charge in [0.05, 0.1) is 19.1 Å². The minimum Gasteiger partial charge on any atom is -0.392 e. The number of nitriles is 1. The molecular formula is C12H15BrN2O. The number of halogens is 1. The van der Waals surface area contributed by atoms with Crippen molar-refractivity contribution in [3.63, 3.8) is 0 Å². The first-order chi connectivity index (χ1) is 7.60. The molecule has 3 nitrogen and oxygen atoms in total. The van der Waals surface area contributed by atoms with Gasteiger partial charge in [0.15, 0.2) is 0 Å². The third kappa shape index (κ3) is 2.97. The van der Waals surface area contributed by atoms with Gasteiger partial charge in [-0.2, -0.15) is 5.26 Å². The van der Waals surface area contributed by atoms with Crippen LogP contribution in [-0.4, -0.2) is 18.2 Å². The molecule has 1 unspecified atom stereocenters. The summed E-state index contributed by atoms with van der Waals surface area (Å²) in [7, 11) is 1.93. The van der Waals surface area contributed by atoms with E-state index in [1.165, 1.54) is 0 Å². The minimum atomic E-state index is 0.00618. The Morgan fingerprint density at radius 1 is 1.56 bits per heavy atom. The fraction of sp³-hybridized carbons (Fsp3) is 0.417. The number of hydrogen-bond donors (Lipinski definition) is 1. The lowest BCUT2D eigenvalue weighted by atomic mass is 10.1. The lowest BCUT2D eigenvalue weighted by Crippen LogP contribution is -2.29. The van der Waals surface area contributed by atoms with Crippen LogP contribution in [0.5, 0.6) is 0 Å². The van der Waals surface area contributed by atoms with Crippen molar-refractivity contribution in [2.24, 2.45) is 0 Å². The second kappa shape index (κ2) is 5.88. The molecule has 0 saturated carbocycles. The van der Waals surface area contributed by atoms with Crippen LogP contribution in [0.3, 0.4) is 0 Å². The Bertz CT molecular complexity index is 400. The van der Waals surface area contributed by atoms with Crippen molar-refractivity contribution in [1.29, 1.82) is 5.26 Å². The Morgan fingerprint density at radius 3 is 2.81 bits per heavy atom. The number of aliphatic hydroxyl groups excluding tert-OH is 1. The smallest absolute Gasteiger partial charge is 0.0702 e. The minimum absolute atomic E-state index is 0.00618. The van der Waals surface area contributed by atoms with Crippen LogP contribution >= 0.6 is 15.9 Å². The maximum absolute atomic E-state index is 9.26. The number of anilines is 1. The molecule has 0 radical (unpaired) electrons. The number of hydrogen-bond acceptors (Lipinski definition) is 3. The summed E-state index contributed by atoms with van der Waals surface area (Å²) >= 11 is 3.41. The van der Waals surface area contributed by atoms with E-state index >= 15 is 0 Å². The third-order valence-corrected chi connectivity index (χ3v) is 3.14. The molecule has 1 atom stereocenters. The van der Waals surface area contributed by atoms with Gasteiger partial charge in [0, 0.05) is 28.8 Å². The van der Waals surface area contributed by atoms with Crippen molar-refractivity contribution in [1.82, 2.24) is 0 Å². The van der Waals surface area contributed by atoms with E-state index < -0.39 is 0 Å². The van der Waals surface area contributed by atoms with Gasteiger partial charge in [-0.1, -0.05) is 22.0 Å². The average molecular weight is 283 g/mol. The van der Waals surface area contributed by atoms with Crippen LogP contribution in [0.1, 0.15) is 18.9 Å². The van der Waals surface area contributed by atoms with Crippen LogP contribution < -0.4 is 4.90 Å². The van der Waals surface area contributed by atoms with E-state index in [0.717, 1.165) is 15.7 Å². The summed E-state index contributed by atoms with van der Waals surface area (Å²) < 4.78 is 0.968. The van der Waals surface area contributed by atoms with Gasteiger partial charge in [0.25, 0.3) is 0 Å². The molecule has 1 rings (SSSR count). The highest BCUT2D eigenvalue weighted by Crippen LogP contribution is 2.26. The number of nitrogens with zero attached hydrogens (tertiary/aromatic N) is 2. The Balaban J connectivity index is 3.01. The van der Waals surface area contributed by atoms with E-state index in [2.05, 4.69) is 22.0 Å². The van der Waals surface area contributed by atoms with E-state index in [1.54, 1.807) is 0 Å². The van der Waals surface area contributed by atoms with Gasteiger partial charge in [0.2, 0.25) is 0 Å². The van der Waals surface area contributed by atoms with Crippen LogP contribution in [0.2, 0.25) is 0 Å². The largest absolute Gasteiger partial charge is 0.392 e. The van der Waals surface area contributed by atoms with Crippen molar-refractivity contribution in [3.05, 3.63) is 28.2 Å². The number of rotatable bonds is 4. The molecule has 0 fully saturated rings. The number of benzene rings is 1. The molecule has 0 aliphatic carbocycles. The molecular weight excluding hydrogens is 268 g/mol. The molecule has 0 saturated heterocycles. The van der Waals surface area contributed by atoms with Gasteiger partial charge in [-0.15, -0.1) is 0 Å². The standard InChI is InChI=1S/C12H15BrN2O/c1-9(5-6-14)15(2)12-7-11(13)4-3-10(12)8-16/h3-4,7,9,16H,5,8H2,1-2H3. The molecule has 0 spiro atoms. The highest BCUT2D eigenvalue weighted by atomic mass is 79.9. The quantitative estimate of drug-likeness (QED) is 0.924. The Labute approximate surface area is 104 Å². The molecule has 0 aliphatic heterocycles. The monoisotopic (exact) mass is 282 g/mol. The molecule has 0 aliphatic rings. The van der Waals surface area contributed by atoms with Gasteiger partial charge in [-0.25, -0.2) is 0 Å². The maximum Gasteiger partial charge on any atom is 0.0702 e. The van der Waals surface area contributed by atoms with E-state index in [0.29, 0.717) is 6.42 Å². The Hall–Kier alpha value is -1.05. The van der Waals surface area contributed by atoms with Gasteiger partial charge in [0.1, 0.15) is 0 Å². The summed E-state index contributed by atoms with van der Waals surface area (Å²) in [5, 5.41) is 17.9. The molecule has 4 heteroatoms. The highest BCUT2D eigenvalue weighted by Gasteiger charge is 2.13. The predicted molar refractivity (Wildman–Crippen MR) is 68.2 cm³/mol. The molecule has 0 aromatic heterocycles. The number of aliphatic hydroxyl groups is 1. The topological polar surface area (TPSA) is 47.3 Å². The van der Waals surface area contributed by atoms with E-state index in [-0.39, 0.29) is 12.6 Å². The fourth-order valence-electron chi connectivity index (χ4n) is 1.51. The SMILES string of the molecule is CC(CC#N)N(C)c1cc(Br)ccc1CO. The molecule has 1 aromatic rings. The zero-order valence-electron chi connectivity index (χ0n) is 9.44. The molecule has 1 aromatic carbocycles. The lowest BCUT2D eigenvalue weighted by molar-refractivity contribution is 0.282. The highest BCUT2D eigenvalue weighted by molar-refractivity contribution is 9.10. The summed E-state index contributed by atoms with van der Waals surface area (Å²) in [6, 6.07) is 8.03. The zero-order chi connectivity index (χ0) is 12.1. The van der Waals surface area contributed by atoms with E-state index in [4.69, 9.17) is 5.26 Å². The lowest BCUT2D eigenvalue weighted by Gasteiger charge is -2.27. The third-order valence-electron chi connectivity index (χ3n) is 2.65. The fourth-order valence-corrected chi connectivity index (χ4v) is 1.85. The summed E-state index contributed by atoms with van der Waals surface area (Å²) in [6.07, 6.45) is 0.466. The normalized spacial score (nSPS) is 11.9. The molecule has 16 heavy (non-hydrogen) atoms. The predicted octanol–water partition coefficient (Wildman–Crippen LogP) is 2.68. The summed E-state index contributed by atoms with van der Waals surface area (Å²) in [6.45, 7) is 2.00. The van der Waals surface area contributed by atoms with Gasteiger partial charge in [-0.3, -0.25) is 0 Å². The van der Waals surface area contributed by atoms with Crippen LogP contribution in [0.15, 0.2) is 22.7 Å². The average Bonchev–Trinajstić information content (AvgIpc) is 2.28. The molecule has 0 amide bonds. The summed E-state index contributed by atoms with van der Waals surface area (Å²) in [4.78, 5) is 2.01. The first kappa shape index (κ1) is 13.0. The van der Waals surface area contributed by atoms with Gasteiger partial charge < -0.3 is 10.0 Å². The van der Waals surface area contributed by atoms with Crippen LogP contribution in [0, 0.1) is 11.3 Å². The molecule has 0 bridgehead atoms. The van der Waals surface area contributed by atoms with E-state index in [1.807, 2.05) is 37.1 Å². The van der Waals surface area contributed by atoms with Crippen molar-refractivity contribution in [2.45, 2.75) is 26.0 Å². The summed E-state index contributed by atoms with van der Waals surface area (Å²) in [5.41, 5.74) is 1.83. The Kier molecular flexibility index (Phi) is 4.78. The first-order valence-electron chi connectivity index (χ1n) is 5.09. The van der Waals surface area contributed by atoms with Crippen molar-refractivity contribution in [2.75, 3.05) is 11.9 Å². The van der Waals surface area contributed by atoms with Crippen molar-refractivity contribution < 1.29 is 5.11 Å². The first-order valence-corrected chi connectivity index (χ1v) is 5.88. The second-order valence-electron chi connectivity index (χ2n) is 3.75. The summed E-state index contributed by atoms with van der Waals surface area (Å²) in [5.74, 6) is 0. The van der Waals surface area contributed by atoms with Crippen LogP contribution in [0.25, 0.3) is 0 Å². The van der Waals surface area contributed by atoms with Crippen LogP contribution in [0.4, 0.5) is 5.69 Å². The second-order valence-corrected chi connectivity index (χ2v) is 4.67. The van der Waals surface area contributed by atoms with Crippen molar-refractivity contribution >= 4 is 21.6 Å².